The van der Waals surface area contributed by atoms with Gasteiger partial charge in [0.2, 0.25) is 5.91 Å². The van der Waals surface area contributed by atoms with Crippen molar-refractivity contribution >= 4 is 23.1 Å². The van der Waals surface area contributed by atoms with Crippen molar-refractivity contribution < 1.29 is 9.18 Å². The molecule has 0 unspecified atom stereocenters. The maximum atomic E-state index is 13.2. The molecule has 3 N–H and O–H groups in total. The van der Waals surface area contributed by atoms with Crippen molar-refractivity contribution in [3.63, 3.8) is 0 Å². The van der Waals surface area contributed by atoms with Gasteiger partial charge in [0, 0.05) is 18.7 Å². The van der Waals surface area contributed by atoms with Gasteiger partial charge in [-0.25, -0.2) is 4.39 Å². The summed E-state index contributed by atoms with van der Waals surface area (Å²) in [6.07, 6.45) is 0. The van der Waals surface area contributed by atoms with E-state index in [1.165, 1.54) is 12.1 Å². The Morgan fingerprint density at radius 2 is 2.15 bits per heavy atom. The van der Waals surface area contributed by atoms with Gasteiger partial charge in [0.25, 0.3) is 0 Å². The van der Waals surface area contributed by atoms with Gasteiger partial charge < -0.3 is 11.1 Å². The minimum atomic E-state index is -0.372. The number of hydrogen-bond donors (Lipinski definition) is 2. The van der Waals surface area contributed by atoms with Gasteiger partial charge in [-0.15, -0.1) is 0 Å². The number of carbonyl (C=O) groups is 1. The van der Waals surface area contributed by atoms with Gasteiger partial charge >= 0.3 is 0 Å². The van der Waals surface area contributed by atoms with Crippen molar-refractivity contribution in [1.82, 2.24) is 10.2 Å². The second kappa shape index (κ2) is 7.91. The maximum absolute atomic E-state index is 13.2. The Balaban J connectivity index is 2.84. The van der Waals surface area contributed by atoms with Crippen LogP contribution in [0, 0.1) is 5.82 Å². The molecular formula is C14H20FN3OS. The molecule has 0 aliphatic rings. The number of likely N-dealkylation sites (N-methyl/N-ethyl adjacent to an activating group) is 2. The van der Waals surface area contributed by atoms with E-state index in [1.807, 2.05) is 18.7 Å². The van der Waals surface area contributed by atoms with E-state index in [0.29, 0.717) is 31.7 Å². The Morgan fingerprint density at radius 3 is 2.70 bits per heavy atom. The van der Waals surface area contributed by atoms with Crippen molar-refractivity contribution in [1.29, 1.82) is 0 Å². The molecule has 1 rings (SSSR count). The van der Waals surface area contributed by atoms with Crippen LogP contribution >= 0.6 is 12.2 Å². The van der Waals surface area contributed by atoms with Gasteiger partial charge in [-0.1, -0.05) is 25.2 Å². The van der Waals surface area contributed by atoms with Crippen LogP contribution in [0.5, 0.6) is 0 Å². The molecule has 6 heteroatoms. The smallest absolute Gasteiger partial charge is 0.234 e. The zero-order valence-corrected chi connectivity index (χ0v) is 12.6. The van der Waals surface area contributed by atoms with Gasteiger partial charge in [-0.2, -0.15) is 0 Å². The van der Waals surface area contributed by atoms with E-state index in [2.05, 4.69) is 5.32 Å². The van der Waals surface area contributed by atoms with Crippen LogP contribution in [0.15, 0.2) is 18.2 Å². The number of halogens is 1. The summed E-state index contributed by atoms with van der Waals surface area (Å²) in [5.41, 5.74) is 6.96. The lowest BCUT2D eigenvalue weighted by molar-refractivity contribution is -0.122. The average molecular weight is 297 g/mol. The molecule has 0 fully saturated rings. The SMILES string of the molecule is CCNC(=O)CN(CC)Cc1ccc(F)cc1C(N)=S. The number of hydrogen-bond acceptors (Lipinski definition) is 3. The second-order valence-electron chi connectivity index (χ2n) is 4.42. The van der Waals surface area contributed by atoms with Crippen LogP contribution in [0.4, 0.5) is 4.39 Å². The second-order valence-corrected chi connectivity index (χ2v) is 4.86. The van der Waals surface area contributed by atoms with E-state index in [1.54, 1.807) is 6.07 Å². The van der Waals surface area contributed by atoms with Crippen LogP contribution in [-0.2, 0) is 11.3 Å². The number of nitrogens with two attached hydrogens (primary N) is 1. The van der Waals surface area contributed by atoms with Crippen LogP contribution in [0.2, 0.25) is 0 Å². The van der Waals surface area contributed by atoms with Gasteiger partial charge in [0.1, 0.15) is 10.8 Å². The highest BCUT2D eigenvalue weighted by molar-refractivity contribution is 7.80. The average Bonchev–Trinajstić information content (AvgIpc) is 2.39. The Labute approximate surface area is 124 Å². The van der Waals surface area contributed by atoms with Crippen LogP contribution in [-0.4, -0.2) is 35.4 Å². The van der Waals surface area contributed by atoms with E-state index < -0.39 is 0 Å². The Kier molecular flexibility index (Phi) is 6.54. The molecule has 1 aromatic rings. The standard InChI is InChI=1S/C14H20FN3OS/c1-3-17-13(19)9-18(4-2)8-10-5-6-11(15)7-12(10)14(16)20/h5-7H,3-4,8-9H2,1-2H3,(H2,16,20)(H,17,19). The number of benzene rings is 1. The number of nitrogens with one attached hydrogen (secondary N) is 1. The first-order valence-electron chi connectivity index (χ1n) is 6.55. The molecule has 0 aliphatic heterocycles. The van der Waals surface area contributed by atoms with E-state index >= 15 is 0 Å². The Bertz CT molecular complexity index is 493. The predicted molar refractivity (Wildman–Crippen MR) is 81.9 cm³/mol. The molecule has 0 aromatic heterocycles. The highest BCUT2D eigenvalue weighted by atomic mass is 32.1. The summed E-state index contributed by atoms with van der Waals surface area (Å²) in [5.74, 6) is -0.406. The predicted octanol–water partition coefficient (Wildman–Crippen LogP) is 1.42. The fraction of sp³-hybridized carbons (Fsp3) is 0.429. The minimum Gasteiger partial charge on any atom is -0.389 e. The molecule has 0 aliphatic carbocycles. The summed E-state index contributed by atoms with van der Waals surface area (Å²) in [6, 6.07) is 4.36. The van der Waals surface area contributed by atoms with Crippen LogP contribution < -0.4 is 11.1 Å². The lowest BCUT2D eigenvalue weighted by Gasteiger charge is -2.21. The number of rotatable bonds is 7. The number of thiocarbonyl (C=S) groups is 1. The molecular weight excluding hydrogens is 277 g/mol. The fourth-order valence-electron chi connectivity index (χ4n) is 1.89. The van der Waals surface area contributed by atoms with E-state index in [0.717, 1.165) is 5.56 Å². The van der Waals surface area contributed by atoms with E-state index in [9.17, 15) is 9.18 Å². The molecule has 0 bridgehead atoms. The van der Waals surface area contributed by atoms with Gasteiger partial charge in [0.05, 0.1) is 6.54 Å². The first-order valence-corrected chi connectivity index (χ1v) is 6.96. The van der Waals surface area contributed by atoms with Crippen LogP contribution in [0.25, 0.3) is 0 Å². The summed E-state index contributed by atoms with van der Waals surface area (Å²) < 4.78 is 13.2. The topological polar surface area (TPSA) is 58.4 Å². The highest BCUT2D eigenvalue weighted by Gasteiger charge is 2.13. The lowest BCUT2D eigenvalue weighted by atomic mass is 10.1. The zero-order chi connectivity index (χ0) is 15.1. The molecule has 0 radical (unpaired) electrons. The van der Waals surface area contributed by atoms with Crippen LogP contribution in [0.1, 0.15) is 25.0 Å². The number of carbonyl (C=O) groups excluding carboxylic acids is 1. The zero-order valence-electron chi connectivity index (χ0n) is 11.8. The molecule has 0 atom stereocenters. The minimum absolute atomic E-state index is 0.0339. The summed E-state index contributed by atoms with van der Waals surface area (Å²) >= 11 is 4.94. The molecule has 0 heterocycles. The molecule has 0 saturated carbocycles. The van der Waals surface area contributed by atoms with Gasteiger partial charge in [0.15, 0.2) is 0 Å². The van der Waals surface area contributed by atoms with Gasteiger partial charge in [-0.05, 0) is 31.2 Å². The molecule has 4 nitrogen and oxygen atoms in total. The Hall–Kier alpha value is -1.53. The monoisotopic (exact) mass is 297 g/mol. The largest absolute Gasteiger partial charge is 0.389 e. The Morgan fingerprint density at radius 1 is 1.45 bits per heavy atom. The third-order valence-corrected chi connectivity index (χ3v) is 3.14. The molecule has 1 amide bonds. The van der Waals surface area contributed by atoms with Crippen molar-refractivity contribution in [2.45, 2.75) is 20.4 Å². The number of nitrogens with zero attached hydrogens (tertiary/aromatic N) is 1. The van der Waals surface area contributed by atoms with Crippen molar-refractivity contribution in [2.24, 2.45) is 5.73 Å². The lowest BCUT2D eigenvalue weighted by Crippen LogP contribution is -2.37. The number of amides is 1. The van der Waals surface area contributed by atoms with E-state index in [-0.39, 0.29) is 16.7 Å². The molecule has 20 heavy (non-hydrogen) atoms. The van der Waals surface area contributed by atoms with Crippen molar-refractivity contribution in [3.8, 4) is 0 Å². The molecule has 0 spiro atoms. The van der Waals surface area contributed by atoms with Crippen molar-refractivity contribution in [2.75, 3.05) is 19.6 Å². The normalized spacial score (nSPS) is 10.6. The summed E-state index contributed by atoms with van der Waals surface area (Å²) in [5, 5.41) is 2.75. The summed E-state index contributed by atoms with van der Waals surface area (Å²) in [6.45, 7) is 5.93. The first kappa shape index (κ1) is 16.5. The first-order chi connectivity index (χ1) is 9.47. The quantitative estimate of drug-likeness (QED) is 0.747. The fourth-order valence-corrected chi connectivity index (χ4v) is 2.08. The van der Waals surface area contributed by atoms with Crippen LogP contribution in [0.3, 0.4) is 0 Å². The maximum Gasteiger partial charge on any atom is 0.234 e. The molecule has 110 valence electrons. The highest BCUT2D eigenvalue weighted by Crippen LogP contribution is 2.14. The molecule has 0 saturated heterocycles. The van der Waals surface area contributed by atoms with Gasteiger partial charge in [-0.3, -0.25) is 9.69 Å². The summed E-state index contributed by atoms with van der Waals surface area (Å²) in [4.78, 5) is 13.7. The van der Waals surface area contributed by atoms with E-state index in [4.69, 9.17) is 18.0 Å². The third-order valence-electron chi connectivity index (χ3n) is 2.92. The molecule has 1 aromatic carbocycles. The van der Waals surface area contributed by atoms with Crippen molar-refractivity contribution in [3.05, 3.63) is 35.1 Å². The summed E-state index contributed by atoms with van der Waals surface area (Å²) in [7, 11) is 0. The third kappa shape index (κ3) is 4.86.